The normalized spacial score (nSPS) is 12.2. The van der Waals surface area contributed by atoms with Crippen molar-refractivity contribution in [1.82, 2.24) is 4.98 Å². The number of aromatic nitrogens is 1. The van der Waals surface area contributed by atoms with E-state index in [4.69, 9.17) is 5.73 Å². The van der Waals surface area contributed by atoms with Gasteiger partial charge in [0.15, 0.2) is 5.69 Å². The lowest BCUT2D eigenvalue weighted by molar-refractivity contribution is -0.141. The first-order chi connectivity index (χ1) is 6.73. The Bertz CT molecular complexity index is 376. The molecule has 0 atom stereocenters. The number of pyridine rings is 1. The lowest BCUT2D eigenvalue weighted by atomic mass is 10.2. The lowest BCUT2D eigenvalue weighted by Gasteiger charge is -2.12. The number of anilines is 1. The minimum absolute atomic E-state index is 0.596. The van der Waals surface area contributed by atoms with Gasteiger partial charge in [0, 0.05) is 5.56 Å². The topological polar surface area (TPSA) is 38.9 Å². The molecule has 0 unspecified atom stereocenters. The van der Waals surface area contributed by atoms with Crippen LogP contribution in [0, 0.1) is 0 Å². The summed E-state index contributed by atoms with van der Waals surface area (Å²) in [5.74, 6) is -0.596. The molecule has 0 aliphatic heterocycles. The number of hydrogen-bond acceptors (Lipinski definition) is 2. The van der Waals surface area contributed by atoms with Crippen molar-refractivity contribution in [3.8, 4) is 0 Å². The largest absolute Gasteiger partial charge is 0.434 e. The zero-order valence-corrected chi connectivity index (χ0v) is 8.53. The van der Waals surface area contributed by atoms with E-state index in [0.29, 0.717) is 6.07 Å². The first-order valence-corrected chi connectivity index (χ1v) is 4.34. The number of rotatable bonds is 1. The molecule has 1 aromatic rings. The highest BCUT2D eigenvalue weighted by Crippen LogP contribution is 2.38. The summed E-state index contributed by atoms with van der Waals surface area (Å²) in [7, 11) is 0. The Balaban J connectivity index is 3.42. The maximum Gasteiger partial charge on any atom is 0.434 e. The van der Waals surface area contributed by atoms with E-state index in [9.17, 15) is 22.0 Å². The Morgan fingerprint density at radius 2 is 1.87 bits per heavy atom. The van der Waals surface area contributed by atoms with E-state index in [1.807, 2.05) is 0 Å². The number of hydrogen-bond donors (Lipinski definition) is 1. The molecule has 0 aliphatic rings. The molecule has 2 nitrogen and oxygen atoms in total. The number of alkyl halides is 5. The monoisotopic (exact) mass is 290 g/mol. The van der Waals surface area contributed by atoms with Gasteiger partial charge in [0.1, 0.15) is 5.82 Å². The molecule has 0 amide bonds. The Labute approximate surface area is 89.4 Å². The summed E-state index contributed by atoms with van der Waals surface area (Å²) >= 11 is 2.43. The van der Waals surface area contributed by atoms with Crippen LogP contribution in [0.25, 0.3) is 0 Å². The second-order valence-corrected chi connectivity index (χ2v) is 3.39. The third-order valence-electron chi connectivity index (χ3n) is 1.51. The molecule has 0 saturated heterocycles. The van der Waals surface area contributed by atoms with Crippen LogP contribution in [0.4, 0.5) is 27.8 Å². The molecule has 84 valence electrons. The van der Waals surface area contributed by atoms with Gasteiger partial charge in [0.05, 0.1) is 4.47 Å². The molecule has 1 aromatic heterocycles. The molecular weight excluding hydrogens is 287 g/mol. The lowest BCUT2D eigenvalue weighted by Crippen LogP contribution is -2.12. The molecule has 0 radical (unpaired) electrons. The van der Waals surface area contributed by atoms with Gasteiger partial charge in [-0.05, 0) is 22.0 Å². The first-order valence-electron chi connectivity index (χ1n) is 3.54. The summed E-state index contributed by atoms with van der Waals surface area (Å²) in [6.07, 6.45) is -7.87. The van der Waals surface area contributed by atoms with E-state index >= 15 is 0 Å². The molecule has 15 heavy (non-hydrogen) atoms. The highest BCUT2D eigenvalue weighted by Gasteiger charge is 2.37. The third kappa shape index (κ3) is 2.55. The van der Waals surface area contributed by atoms with Gasteiger partial charge in [0.2, 0.25) is 0 Å². The highest BCUT2D eigenvalue weighted by molar-refractivity contribution is 9.10. The molecule has 0 bridgehead atoms. The molecule has 0 fully saturated rings. The molecule has 0 spiro atoms. The fourth-order valence-corrected chi connectivity index (χ4v) is 1.52. The first kappa shape index (κ1) is 12.2. The standard InChI is InChI=1S/C7H4BrF5N2/c8-4-2(6(9)10)1-3(14)15-5(4)7(11,12)13/h1,6H,(H2,14,15). The van der Waals surface area contributed by atoms with Gasteiger partial charge in [0.25, 0.3) is 6.43 Å². The SMILES string of the molecule is Nc1cc(C(F)F)c(Br)c(C(F)(F)F)n1. The van der Waals surface area contributed by atoms with Crippen LogP contribution in [0.3, 0.4) is 0 Å². The van der Waals surface area contributed by atoms with Crippen LogP contribution in [-0.4, -0.2) is 4.98 Å². The van der Waals surface area contributed by atoms with Crippen molar-refractivity contribution >= 4 is 21.7 Å². The molecule has 2 N–H and O–H groups in total. The second-order valence-electron chi connectivity index (χ2n) is 2.60. The van der Waals surface area contributed by atoms with Gasteiger partial charge >= 0.3 is 6.18 Å². The Morgan fingerprint density at radius 3 is 2.27 bits per heavy atom. The zero-order valence-electron chi connectivity index (χ0n) is 6.95. The number of halogens is 6. The summed E-state index contributed by atoms with van der Waals surface area (Å²) in [4.78, 5) is 2.96. The van der Waals surface area contributed by atoms with Gasteiger partial charge in [-0.1, -0.05) is 0 Å². The van der Waals surface area contributed by atoms with Crippen molar-refractivity contribution in [2.75, 3.05) is 5.73 Å². The molecule has 8 heteroatoms. The summed E-state index contributed by atoms with van der Waals surface area (Å²) < 4.78 is 60.6. The average Bonchev–Trinajstić information content (AvgIpc) is 2.06. The average molecular weight is 291 g/mol. The summed E-state index contributed by atoms with van der Waals surface area (Å²) in [6, 6.07) is 0.698. The Kier molecular flexibility index (Phi) is 3.17. The van der Waals surface area contributed by atoms with Crippen molar-refractivity contribution in [2.45, 2.75) is 12.6 Å². The van der Waals surface area contributed by atoms with E-state index in [2.05, 4.69) is 20.9 Å². The number of nitrogen functional groups attached to an aromatic ring is 1. The summed E-state index contributed by atoms with van der Waals surface area (Å²) in [5, 5.41) is 0. The zero-order chi connectivity index (χ0) is 11.8. The van der Waals surface area contributed by atoms with Crippen LogP contribution in [0.1, 0.15) is 17.7 Å². The van der Waals surface area contributed by atoms with Crippen LogP contribution >= 0.6 is 15.9 Å². The van der Waals surface area contributed by atoms with Crippen LogP contribution in [0.15, 0.2) is 10.5 Å². The van der Waals surface area contributed by atoms with E-state index in [0.717, 1.165) is 0 Å². The van der Waals surface area contributed by atoms with E-state index in [1.165, 1.54) is 0 Å². The van der Waals surface area contributed by atoms with Crippen LogP contribution < -0.4 is 5.73 Å². The summed E-state index contributed by atoms with van der Waals surface area (Å²) in [6.45, 7) is 0. The smallest absolute Gasteiger partial charge is 0.384 e. The number of nitrogens with two attached hydrogens (primary N) is 1. The Hall–Kier alpha value is -0.920. The Morgan fingerprint density at radius 1 is 1.33 bits per heavy atom. The predicted molar refractivity (Wildman–Crippen MR) is 46.3 cm³/mol. The van der Waals surface area contributed by atoms with E-state index < -0.39 is 34.1 Å². The minimum Gasteiger partial charge on any atom is -0.384 e. The van der Waals surface area contributed by atoms with Gasteiger partial charge in [-0.15, -0.1) is 0 Å². The van der Waals surface area contributed by atoms with Gasteiger partial charge in [-0.25, -0.2) is 13.8 Å². The molecular formula is C7H4BrF5N2. The highest BCUT2D eigenvalue weighted by atomic mass is 79.9. The molecule has 1 heterocycles. The summed E-state index contributed by atoms with van der Waals surface area (Å²) in [5.41, 5.74) is 2.73. The van der Waals surface area contributed by atoms with E-state index in [1.54, 1.807) is 0 Å². The van der Waals surface area contributed by atoms with Crippen LogP contribution in [-0.2, 0) is 6.18 Å². The van der Waals surface area contributed by atoms with Crippen molar-refractivity contribution in [1.29, 1.82) is 0 Å². The third-order valence-corrected chi connectivity index (χ3v) is 2.34. The molecule has 0 aliphatic carbocycles. The van der Waals surface area contributed by atoms with Gasteiger partial charge < -0.3 is 5.73 Å². The van der Waals surface area contributed by atoms with Gasteiger partial charge in [-0.2, -0.15) is 13.2 Å². The van der Waals surface area contributed by atoms with Crippen LogP contribution in [0.2, 0.25) is 0 Å². The minimum atomic E-state index is -4.82. The van der Waals surface area contributed by atoms with Gasteiger partial charge in [-0.3, -0.25) is 0 Å². The van der Waals surface area contributed by atoms with Crippen molar-refractivity contribution in [3.63, 3.8) is 0 Å². The quantitative estimate of drug-likeness (QED) is 0.805. The molecule has 1 rings (SSSR count). The van der Waals surface area contributed by atoms with Crippen molar-refractivity contribution < 1.29 is 22.0 Å². The van der Waals surface area contributed by atoms with Crippen molar-refractivity contribution in [3.05, 3.63) is 21.8 Å². The predicted octanol–water partition coefficient (Wildman–Crippen LogP) is 3.38. The van der Waals surface area contributed by atoms with E-state index in [-0.39, 0.29) is 0 Å². The van der Waals surface area contributed by atoms with Crippen LogP contribution in [0.5, 0.6) is 0 Å². The maximum absolute atomic E-state index is 12.3. The number of nitrogens with zero attached hydrogens (tertiary/aromatic N) is 1. The fraction of sp³-hybridized carbons (Fsp3) is 0.286. The fourth-order valence-electron chi connectivity index (χ4n) is 0.916. The molecule has 0 aromatic carbocycles. The maximum atomic E-state index is 12.3. The van der Waals surface area contributed by atoms with Crippen molar-refractivity contribution in [2.24, 2.45) is 0 Å². The molecule has 0 saturated carbocycles. The second kappa shape index (κ2) is 3.92.